The molecule has 2 aromatic carbocycles. The van der Waals surface area contributed by atoms with Crippen molar-refractivity contribution in [1.29, 1.82) is 0 Å². The summed E-state index contributed by atoms with van der Waals surface area (Å²) >= 11 is 0. The highest BCUT2D eigenvalue weighted by molar-refractivity contribution is 5.78. The average Bonchev–Trinajstić information content (AvgIpc) is 2.61. The van der Waals surface area contributed by atoms with Crippen LogP contribution in [0.2, 0.25) is 0 Å². The van der Waals surface area contributed by atoms with Crippen LogP contribution in [-0.2, 0) is 6.54 Å². The molecule has 0 saturated heterocycles. The van der Waals surface area contributed by atoms with Crippen molar-refractivity contribution in [2.24, 2.45) is 17.2 Å². The molecular weight excluding hydrogens is 294 g/mol. The van der Waals surface area contributed by atoms with E-state index in [4.69, 9.17) is 17.2 Å². The quantitative estimate of drug-likeness (QED) is 0.758. The van der Waals surface area contributed by atoms with E-state index in [1.54, 1.807) is 0 Å². The summed E-state index contributed by atoms with van der Waals surface area (Å²) in [6.07, 6.45) is 8.69. The standard InChI is InChI=1S/C21H23N3/c22-15-17-7-4-8-19(13-17)20-14-21(23,24)12-11-18(20)10-9-16-5-2-1-3-6-16/h1-13H,14-15,22-24H2. The molecule has 122 valence electrons. The van der Waals surface area contributed by atoms with Gasteiger partial charge in [0.1, 0.15) is 0 Å². The van der Waals surface area contributed by atoms with Crippen molar-refractivity contribution in [2.45, 2.75) is 18.6 Å². The van der Waals surface area contributed by atoms with Crippen LogP contribution < -0.4 is 17.2 Å². The summed E-state index contributed by atoms with van der Waals surface area (Å²) in [4.78, 5) is 0. The third-order valence-electron chi connectivity index (χ3n) is 4.17. The lowest BCUT2D eigenvalue weighted by molar-refractivity contribution is 0.564. The van der Waals surface area contributed by atoms with Crippen molar-refractivity contribution in [3.8, 4) is 0 Å². The molecule has 0 bridgehead atoms. The predicted octanol–water partition coefficient (Wildman–Crippen LogP) is 3.19. The maximum Gasteiger partial charge on any atom is 0.0873 e. The van der Waals surface area contributed by atoms with E-state index >= 15 is 0 Å². The smallest absolute Gasteiger partial charge is 0.0873 e. The van der Waals surface area contributed by atoms with Gasteiger partial charge in [0.2, 0.25) is 0 Å². The second kappa shape index (κ2) is 6.97. The monoisotopic (exact) mass is 317 g/mol. The largest absolute Gasteiger partial charge is 0.326 e. The number of rotatable bonds is 4. The molecule has 24 heavy (non-hydrogen) atoms. The van der Waals surface area contributed by atoms with Crippen LogP contribution in [0, 0.1) is 0 Å². The molecule has 0 aliphatic heterocycles. The van der Waals surface area contributed by atoms with Crippen LogP contribution in [0.3, 0.4) is 0 Å². The van der Waals surface area contributed by atoms with Gasteiger partial charge >= 0.3 is 0 Å². The molecule has 0 amide bonds. The molecule has 3 rings (SSSR count). The SMILES string of the molecule is NCc1cccc(C2=C(C=Cc3ccccc3)C=CC(N)(N)C2)c1. The maximum atomic E-state index is 6.15. The Morgan fingerprint density at radius 2 is 1.75 bits per heavy atom. The molecular formula is C21H23N3. The van der Waals surface area contributed by atoms with E-state index in [1.165, 1.54) is 0 Å². The number of hydrogen-bond acceptors (Lipinski definition) is 3. The first kappa shape index (κ1) is 16.4. The first-order valence-electron chi connectivity index (χ1n) is 8.10. The van der Waals surface area contributed by atoms with Gasteiger partial charge in [0.25, 0.3) is 0 Å². The van der Waals surface area contributed by atoms with E-state index in [-0.39, 0.29) is 0 Å². The van der Waals surface area contributed by atoms with Gasteiger partial charge in [-0.05, 0) is 33.9 Å². The number of benzene rings is 2. The number of hydrogen-bond donors (Lipinski definition) is 3. The lowest BCUT2D eigenvalue weighted by atomic mass is 9.85. The van der Waals surface area contributed by atoms with Crippen LogP contribution in [0.4, 0.5) is 0 Å². The van der Waals surface area contributed by atoms with Crippen LogP contribution in [0.15, 0.2) is 78.4 Å². The third kappa shape index (κ3) is 3.89. The van der Waals surface area contributed by atoms with Crippen LogP contribution in [0.1, 0.15) is 23.1 Å². The van der Waals surface area contributed by atoms with Gasteiger partial charge in [-0.25, -0.2) is 0 Å². The van der Waals surface area contributed by atoms with Crippen LogP contribution in [0.25, 0.3) is 11.6 Å². The average molecular weight is 317 g/mol. The van der Waals surface area contributed by atoms with Crippen LogP contribution >= 0.6 is 0 Å². The minimum atomic E-state index is -0.821. The molecule has 0 aromatic heterocycles. The summed E-state index contributed by atoms with van der Waals surface area (Å²) in [5.74, 6) is 0. The molecule has 2 aromatic rings. The molecule has 0 saturated carbocycles. The fraction of sp³-hybridized carbons (Fsp3) is 0.143. The highest BCUT2D eigenvalue weighted by atomic mass is 14.9. The highest BCUT2D eigenvalue weighted by Gasteiger charge is 2.23. The van der Waals surface area contributed by atoms with E-state index in [0.29, 0.717) is 13.0 Å². The summed E-state index contributed by atoms with van der Waals surface area (Å²) in [6, 6.07) is 18.5. The van der Waals surface area contributed by atoms with E-state index in [2.05, 4.69) is 36.4 Å². The molecule has 0 spiro atoms. The third-order valence-corrected chi connectivity index (χ3v) is 4.17. The summed E-state index contributed by atoms with van der Waals surface area (Å²) in [6.45, 7) is 0.516. The summed E-state index contributed by atoms with van der Waals surface area (Å²) in [7, 11) is 0. The van der Waals surface area contributed by atoms with Crippen molar-refractivity contribution in [1.82, 2.24) is 0 Å². The normalized spacial score (nSPS) is 16.8. The van der Waals surface area contributed by atoms with E-state index in [1.807, 2.05) is 42.5 Å². The Kier molecular flexibility index (Phi) is 4.76. The molecule has 0 unspecified atom stereocenters. The van der Waals surface area contributed by atoms with E-state index < -0.39 is 5.66 Å². The fourth-order valence-electron chi connectivity index (χ4n) is 2.87. The highest BCUT2D eigenvalue weighted by Crippen LogP contribution is 2.32. The fourth-order valence-corrected chi connectivity index (χ4v) is 2.87. The Bertz CT molecular complexity index is 799. The Hall–Kier alpha value is -2.46. The van der Waals surface area contributed by atoms with Gasteiger partial charge in [-0.3, -0.25) is 0 Å². The number of allylic oxidation sites excluding steroid dienone is 3. The van der Waals surface area contributed by atoms with Crippen molar-refractivity contribution < 1.29 is 0 Å². The van der Waals surface area contributed by atoms with Crippen LogP contribution in [0.5, 0.6) is 0 Å². The van der Waals surface area contributed by atoms with Gasteiger partial charge in [0, 0.05) is 13.0 Å². The number of nitrogens with two attached hydrogens (primary N) is 3. The summed E-state index contributed by atoms with van der Waals surface area (Å²) in [5, 5.41) is 0. The van der Waals surface area contributed by atoms with E-state index in [0.717, 1.165) is 27.8 Å². The van der Waals surface area contributed by atoms with Gasteiger partial charge < -0.3 is 17.2 Å². The second-order valence-electron chi connectivity index (χ2n) is 6.20. The first-order valence-corrected chi connectivity index (χ1v) is 8.10. The zero-order chi connectivity index (χ0) is 17.0. The Labute approximate surface area is 143 Å². The summed E-state index contributed by atoms with van der Waals surface area (Å²) in [5.41, 5.74) is 22.9. The molecule has 1 aliphatic carbocycles. The molecule has 6 N–H and O–H groups in total. The van der Waals surface area contributed by atoms with Gasteiger partial charge in [-0.15, -0.1) is 0 Å². The zero-order valence-corrected chi connectivity index (χ0v) is 13.7. The lowest BCUT2D eigenvalue weighted by Crippen LogP contribution is -2.48. The first-order chi connectivity index (χ1) is 11.6. The predicted molar refractivity (Wildman–Crippen MR) is 102 cm³/mol. The molecule has 0 heterocycles. The summed E-state index contributed by atoms with van der Waals surface area (Å²) < 4.78 is 0. The van der Waals surface area contributed by atoms with Crippen molar-refractivity contribution in [3.05, 3.63) is 95.1 Å². The van der Waals surface area contributed by atoms with Gasteiger partial charge in [0.15, 0.2) is 0 Å². The van der Waals surface area contributed by atoms with Crippen LogP contribution in [-0.4, -0.2) is 5.66 Å². The van der Waals surface area contributed by atoms with Crippen molar-refractivity contribution >= 4 is 11.6 Å². The van der Waals surface area contributed by atoms with Gasteiger partial charge in [-0.2, -0.15) is 0 Å². The molecule has 3 nitrogen and oxygen atoms in total. The molecule has 0 fully saturated rings. The minimum absolute atomic E-state index is 0.516. The Balaban J connectivity index is 2.02. The lowest BCUT2D eigenvalue weighted by Gasteiger charge is -2.27. The van der Waals surface area contributed by atoms with Crippen molar-refractivity contribution in [2.75, 3.05) is 0 Å². The topological polar surface area (TPSA) is 78.1 Å². The molecule has 0 atom stereocenters. The Morgan fingerprint density at radius 1 is 0.958 bits per heavy atom. The minimum Gasteiger partial charge on any atom is -0.326 e. The van der Waals surface area contributed by atoms with Gasteiger partial charge in [0.05, 0.1) is 5.66 Å². The Morgan fingerprint density at radius 3 is 2.50 bits per heavy atom. The maximum absolute atomic E-state index is 6.15. The molecule has 1 aliphatic rings. The van der Waals surface area contributed by atoms with Crippen molar-refractivity contribution in [3.63, 3.8) is 0 Å². The van der Waals surface area contributed by atoms with Gasteiger partial charge in [-0.1, -0.05) is 72.8 Å². The zero-order valence-electron chi connectivity index (χ0n) is 13.7. The molecule has 0 radical (unpaired) electrons. The second-order valence-corrected chi connectivity index (χ2v) is 6.20. The van der Waals surface area contributed by atoms with E-state index in [9.17, 15) is 0 Å². The molecule has 3 heteroatoms.